The van der Waals surface area contributed by atoms with Gasteiger partial charge in [0.1, 0.15) is 5.60 Å². The third kappa shape index (κ3) is 6.47. The second-order valence-corrected chi connectivity index (χ2v) is 6.26. The van der Waals surface area contributed by atoms with Crippen LogP contribution in [0.15, 0.2) is 12.5 Å². The Morgan fingerprint density at radius 1 is 1.41 bits per heavy atom. The molecular weight excluding hydrogens is 280 g/mol. The largest absolute Gasteiger partial charge is 0.444 e. The lowest BCUT2D eigenvalue weighted by Gasteiger charge is -2.26. The van der Waals surface area contributed by atoms with Gasteiger partial charge in [-0.15, -0.1) is 0 Å². The number of nitrogens with zero attached hydrogens (tertiary/aromatic N) is 3. The Kier molecular flexibility index (Phi) is 7.38. The van der Waals surface area contributed by atoms with E-state index in [0.29, 0.717) is 13.1 Å². The molecule has 0 unspecified atom stereocenters. The Bertz CT molecular complexity index is 451. The van der Waals surface area contributed by atoms with Gasteiger partial charge in [-0.3, -0.25) is 0 Å². The Hall–Kier alpha value is -1.56. The van der Waals surface area contributed by atoms with Crippen molar-refractivity contribution >= 4 is 6.09 Å². The van der Waals surface area contributed by atoms with Crippen molar-refractivity contribution in [3.05, 3.63) is 18.2 Å². The van der Waals surface area contributed by atoms with Crippen LogP contribution in [0.25, 0.3) is 0 Å². The summed E-state index contributed by atoms with van der Waals surface area (Å²) in [6.07, 6.45) is 4.39. The minimum Gasteiger partial charge on any atom is -0.444 e. The summed E-state index contributed by atoms with van der Waals surface area (Å²) in [6, 6.07) is 0. The first kappa shape index (κ1) is 18.5. The lowest BCUT2D eigenvalue weighted by molar-refractivity contribution is 0.0258. The molecular formula is C16H30N4O2. The van der Waals surface area contributed by atoms with Crippen LogP contribution in [-0.4, -0.2) is 45.8 Å². The Morgan fingerprint density at radius 2 is 2.14 bits per heavy atom. The fourth-order valence-corrected chi connectivity index (χ4v) is 2.10. The molecule has 0 radical (unpaired) electrons. The first-order valence-electron chi connectivity index (χ1n) is 8.05. The number of hydrogen-bond donors (Lipinski definition) is 1. The van der Waals surface area contributed by atoms with E-state index in [1.807, 2.05) is 40.2 Å². The standard InChI is InChI=1S/C16H30N4O2/c1-6-19(15(21)22-16(3,4)5)10-8-9-17-11-14-12-18-13-20(14)7-2/h12-13,17H,6-11H2,1-5H3. The third-order valence-corrected chi connectivity index (χ3v) is 3.26. The number of amides is 1. The molecule has 0 spiro atoms. The van der Waals surface area contributed by atoms with E-state index in [1.54, 1.807) is 4.90 Å². The van der Waals surface area contributed by atoms with Gasteiger partial charge >= 0.3 is 6.09 Å². The molecule has 0 aliphatic heterocycles. The van der Waals surface area contributed by atoms with Gasteiger partial charge in [0.2, 0.25) is 0 Å². The van der Waals surface area contributed by atoms with Crippen molar-refractivity contribution in [3.63, 3.8) is 0 Å². The molecule has 0 atom stereocenters. The quantitative estimate of drug-likeness (QED) is 0.750. The molecule has 0 aromatic carbocycles. The lowest BCUT2D eigenvalue weighted by Crippen LogP contribution is -2.38. The monoisotopic (exact) mass is 310 g/mol. The number of aromatic nitrogens is 2. The smallest absolute Gasteiger partial charge is 0.410 e. The number of rotatable bonds is 8. The number of imidazole rings is 1. The van der Waals surface area contributed by atoms with Crippen LogP contribution in [0.5, 0.6) is 0 Å². The van der Waals surface area contributed by atoms with Crippen LogP contribution in [0.1, 0.15) is 46.7 Å². The van der Waals surface area contributed by atoms with Crippen LogP contribution >= 0.6 is 0 Å². The Morgan fingerprint density at radius 3 is 2.73 bits per heavy atom. The van der Waals surface area contributed by atoms with Crippen LogP contribution in [0, 0.1) is 0 Å². The number of nitrogens with one attached hydrogen (secondary N) is 1. The van der Waals surface area contributed by atoms with E-state index in [2.05, 4.69) is 21.8 Å². The predicted molar refractivity (Wildman–Crippen MR) is 87.7 cm³/mol. The van der Waals surface area contributed by atoms with Crippen molar-refractivity contribution in [2.75, 3.05) is 19.6 Å². The van der Waals surface area contributed by atoms with Gasteiger partial charge in [0.25, 0.3) is 0 Å². The fourth-order valence-electron chi connectivity index (χ4n) is 2.10. The number of carbonyl (C=O) groups is 1. The summed E-state index contributed by atoms with van der Waals surface area (Å²) in [5.74, 6) is 0. The van der Waals surface area contributed by atoms with E-state index in [-0.39, 0.29) is 6.09 Å². The van der Waals surface area contributed by atoms with E-state index in [4.69, 9.17) is 4.74 Å². The zero-order valence-corrected chi connectivity index (χ0v) is 14.6. The Balaban J connectivity index is 2.26. The van der Waals surface area contributed by atoms with Crippen LogP contribution in [0.2, 0.25) is 0 Å². The lowest BCUT2D eigenvalue weighted by atomic mass is 10.2. The SMILES string of the molecule is CCN(CCCNCc1cncn1CC)C(=O)OC(C)(C)C. The maximum atomic E-state index is 12.0. The maximum absolute atomic E-state index is 12.0. The van der Waals surface area contributed by atoms with Gasteiger partial charge in [-0.05, 0) is 47.6 Å². The van der Waals surface area contributed by atoms with Crippen LogP contribution in [-0.2, 0) is 17.8 Å². The summed E-state index contributed by atoms with van der Waals surface area (Å²) < 4.78 is 7.51. The first-order valence-corrected chi connectivity index (χ1v) is 8.05. The molecule has 0 saturated carbocycles. The second kappa shape index (κ2) is 8.78. The molecule has 6 nitrogen and oxygen atoms in total. The normalized spacial score (nSPS) is 11.5. The highest BCUT2D eigenvalue weighted by atomic mass is 16.6. The van der Waals surface area contributed by atoms with Gasteiger partial charge < -0.3 is 19.5 Å². The molecule has 0 bridgehead atoms. The van der Waals surface area contributed by atoms with Crippen molar-refractivity contribution < 1.29 is 9.53 Å². The van der Waals surface area contributed by atoms with Gasteiger partial charge in [0, 0.05) is 32.4 Å². The molecule has 0 aliphatic carbocycles. The van der Waals surface area contributed by atoms with Crippen LogP contribution in [0.3, 0.4) is 0 Å². The molecule has 1 rings (SSSR count). The Labute approximate surface area is 133 Å². The fraction of sp³-hybridized carbons (Fsp3) is 0.750. The molecule has 1 aromatic heterocycles. The van der Waals surface area contributed by atoms with Crippen molar-refractivity contribution in [2.45, 2.75) is 59.7 Å². The number of aryl methyl sites for hydroxylation is 1. The van der Waals surface area contributed by atoms with E-state index in [9.17, 15) is 4.79 Å². The minimum absolute atomic E-state index is 0.237. The van der Waals surface area contributed by atoms with Gasteiger partial charge in [0.15, 0.2) is 0 Å². The number of ether oxygens (including phenoxy) is 1. The molecule has 126 valence electrons. The topological polar surface area (TPSA) is 59.4 Å². The van der Waals surface area contributed by atoms with Crippen molar-refractivity contribution in [1.82, 2.24) is 19.8 Å². The van der Waals surface area contributed by atoms with Gasteiger partial charge in [-0.25, -0.2) is 9.78 Å². The third-order valence-electron chi connectivity index (χ3n) is 3.26. The molecule has 1 heterocycles. The molecule has 1 aromatic rings. The summed E-state index contributed by atoms with van der Waals surface area (Å²) in [6.45, 7) is 13.7. The molecule has 0 aliphatic rings. The molecule has 6 heteroatoms. The molecule has 1 amide bonds. The highest BCUT2D eigenvalue weighted by molar-refractivity contribution is 5.68. The summed E-state index contributed by atoms with van der Waals surface area (Å²) in [5.41, 5.74) is 0.739. The molecule has 1 N–H and O–H groups in total. The highest BCUT2D eigenvalue weighted by Gasteiger charge is 2.20. The average molecular weight is 310 g/mol. The summed E-state index contributed by atoms with van der Waals surface area (Å²) >= 11 is 0. The second-order valence-electron chi connectivity index (χ2n) is 6.26. The highest BCUT2D eigenvalue weighted by Crippen LogP contribution is 2.10. The van der Waals surface area contributed by atoms with Crippen molar-refractivity contribution in [2.24, 2.45) is 0 Å². The number of carbonyl (C=O) groups excluding carboxylic acids is 1. The van der Waals surface area contributed by atoms with E-state index in [0.717, 1.165) is 26.1 Å². The summed E-state index contributed by atoms with van der Waals surface area (Å²) in [5, 5.41) is 3.39. The number of hydrogen-bond acceptors (Lipinski definition) is 4. The predicted octanol–water partition coefficient (Wildman–Crippen LogP) is 2.64. The first-order chi connectivity index (χ1) is 10.4. The minimum atomic E-state index is -0.443. The van der Waals surface area contributed by atoms with Crippen LogP contribution < -0.4 is 5.32 Å². The van der Waals surface area contributed by atoms with Gasteiger partial charge in [-0.1, -0.05) is 0 Å². The van der Waals surface area contributed by atoms with E-state index >= 15 is 0 Å². The molecule has 0 fully saturated rings. The van der Waals surface area contributed by atoms with Gasteiger partial charge in [-0.2, -0.15) is 0 Å². The zero-order valence-electron chi connectivity index (χ0n) is 14.6. The maximum Gasteiger partial charge on any atom is 0.410 e. The van der Waals surface area contributed by atoms with E-state index in [1.165, 1.54) is 5.69 Å². The molecule has 0 saturated heterocycles. The van der Waals surface area contributed by atoms with E-state index < -0.39 is 5.60 Å². The summed E-state index contributed by atoms with van der Waals surface area (Å²) in [4.78, 5) is 17.9. The molecule has 22 heavy (non-hydrogen) atoms. The van der Waals surface area contributed by atoms with Crippen molar-refractivity contribution in [1.29, 1.82) is 0 Å². The summed E-state index contributed by atoms with van der Waals surface area (Å²) in [7, 11) is 0. The zero-order chi connectivity index (χ0) is 16.6. The van der Waals surface area contributed by atoms with Crippen LogP contribution in [0.4, 0.5) is 4.79 Å². The van der Waals surface area contributed by atoms with Crippen molar-refractivity contribution in [3.8, 4) is 0 Å². The average Bonchev–Trinajstić information content (AvgIpc) is 2.88. The van der Waals surface area contributed by atoms with Gasteiger partial charge in [0.05, 0.1) is 12.0 Å².